The van der Waals surface area contributed by atoms with Crippen LogP contribution in [0.2, 0.25) is 0 Å². The van der Waals surface area contributed by atoms with Crippen LogP contribution in [0.15, 0.2) is 41.8 Å². The third kappa shape index (κ3) is 3.20. The summed E-state index contributed by atoms with van der Waals surface area (Å²) in [6.07, 6.45) is 2.22. The van der Waals surface area contributed by atoms with Gasteiger partial charge in [-0.15, -0.1) is 6.58 Å². The lowest BCUT2D eigenvalue weighted by molar-refractivity contribution is 0.593. The van der Waals surface area contributed by atoms with Gasteiger partial charge in [0.1, 0.15) is 0 Å². The van der Waals surface area contributed by atoms with Crippen molar-refractivity contribution in [2.75, 3.05) is 5.75 Å². The third-order valence-electron chi connectivity index (χ3n) is 2.27. The molecule has 0 unspecified atom stereocenters. The fourth-order valence-electron chi connectivity index (χ4n) is 1.66. The smallest absolute Gasteiger partial charge is 0.182 e. The minimum absolute atomic E-state index is 0.00209. The van der Waals surface area contributed by atoms with Crippen LogP contribution in [0.3, 0.4) is 0 Å². The maximum absolute atomic E-state index is 12.0. The molecule has 0 N–H and O–H groups in total. The molecule has 1 aromatic carbocycles. The van der Waals surface area contributed by atoms with Gasteiger partial charge in [-0.25, -0.2) is 8.42 Å². The highest BCUT2D eigenvalue weighted by Crippen LogP contribution is 2.20. The normalized spacial score (nSPS) is 11.7. The van der Waals surface area contributed by atoms with E-state index in [0.29, 0.717) is 10.8 Å². The van der Waals surface area contributed by atoms with Crippen molar-refractivity contribution in [3.8, 4) is 0 Å². The molecule has 0 saturated carbocycles. The highest BCUT2D eigenvalue weighted by Gasteiger charge is 2.16. The molecule has 1 aromatic rings. The molecule has 0 bridgehead atoms. The van der Waals surface area contributed by atoms with E-state index in [1.54, 1.807) is 12.1 Å². The molecule has 2 nitrogen and oxygen atoms in total. The van der Waals surface area contributed by atoms with E-state index in [1.807, 2.05) is 12.1 Å². The molecule has 0 spiro atoms. The standard InChI is InChI=1S/C13H18O2S/c1-4-9-16(14,15)13-8-6-5-7-12(13)10-11(2)3/h4-8,11H,1,9-10H2,2-3H3. The molecular weight excluding hydrogens is 220 g/mol. The van der Waals surface area contributed by atoms with Gasteiger partial charge in [0.2, 0.25) is 0 Å². The summed E-state index contributed by atoms with van der Waals surface area (Å²) in [5.74, 6) is 0.447. The van der Waals surface area contributed by atoms with Crippen LogP contribution in [-0.4, -0.2) is 14.2 Å². The Morgan fingerprint density at radius 2 is 1.94 bits per heavy atom. The van der Waals surface area contributed by atoms with Crippen molar-refractivity contribution in [3.05, 3.63) is 42.5 Å². The van der Waals surface area contributed by atoms with E-state index < -0.39 is 9.84 Å². The largest absolute Gasteiger partial charge is 0.223 e. The number of hydrogen-bond donors (Lipinski definition) is 0. The molecule has 88 valence electrons. The van der Waals surface area contributed by atoms with Gasteiger partial charge in [-0.2, -0.15) is 0 Å². The van der Waals surface area contributed by atoms with Gasteiger partial charge in [-0.3, -0.25) is 0 Å². The fraction of sp³-hybridized carbons (Fsp3) is 0.385. The molecule has 0 amide bonds. The van der Waals surface area contributed by atoms with Crippen molar-refractivity contribution in [3.63, 3.8) is 0 Å². The SMILES string of the molecule is C=CCS(=O)(=O)c1ccccc1CC(C)C. The van der Waals surface area contributed by atoms with Gasteiger partial charge < -0.3 is 0 Å². The summed E-state index contributed by atoms with van der Waals surface area (Å²) in [6.45, 7) is 7.64. The lowest BCUT2D eigenvalue weighted by atomic mass is 10.0. The van der Waals surface area contributed by atoms with Crippen molar-refractivity contribution in [2.45, 2.75) is 25.2 Å². The molecule has 0 atom stereocenters. The summed E-state index contributed by atoms with van der Waals surface area (Å²) in [7, 11) is -3.20. The average Bonchev–Trinajstić information content (AvgIpc) is 2.17. The minimum atomic E-state index is -3.20. The predicted molar refractivity (Wildman–Crippen MR) is 67.2 cm³/mol. The van der Waals surface area contributed by atoms with E-state index in [-0.39, 0.29) is 5.75 Å². The Morgan fingerprint density at radius 1 is 1.31 bits per heavy atom. The maximum atomic E-state index is 12.0. The topological polar surface area (TPSA) is 34.1 Å². The zero-order valence-electron chi connectivity index (χ0n) is 9.81. The molecule has 0 aromatic heterocycles. The van der Waals surface area contributed by atoms with Crippen molar-refractivity contribution < 1.29 is 8.42 Å². The first kappa shape index (κ1) is 13.0. The molecule has 0 radical (unpaired) electrons. The molecule has 0 heterocycles. The van der Waals surface area contributed by atoms with Crippen molar-refractivity contribution >= 4 is 9.84 Å². The Kier molecular flexibility index (Phi) is 4.30. The highest BCUT2D eigenvalue weighted by molar-refractivity contribution is 7.91. The van der Waals surface area contributed by atoms with Gasteiger partial charge in [-0.1, -0.05) is 38.1 Å². The highest BCUT2D eigenvalue weighted by atomic mass is 32.2. The summed E-state index contributed by atoms with van der Waals surface area (Å²) in [5, 5.41) is 0. The summed E-state index contributed by atoms with van der Waals surface area (Å²) in [4.78, 5) is 0.448. The summed E-state index contributed by atoms with van der Waals surface area (Å²) < 4.78 is 23.9. The van der Waals surface area contributed by atoms with E-state index >= 15 is 0 Å². The van der Waals surface area contributed by atoms with Crippen LogP contribution in [0.4, 0.5) is 0 Å². The number of rotatable bonds is 5. The van der Waals surface area contributed by atoms with Crippen molar-refractivity contribution in [1.82, 2.24) is 0 Å². The lowest BCUT2D eigenvalue weighted by Crippen LogP contribution is -2.09. The van der Waals surface area contributed by atoms with Gasteiger partial charge in [0.15, 0.2) is 9.84 Å². The first-order valence-corrected chi connectivity index (χ1v) is 7.04. The maximum Gasteiger partial charge on any atom is 0.182 e. The molecule has 16 heavy (non-hydrogen) atoms. The molecule has 0 aliphatic rings. The molecule has 0 aliphatic carbocycles. The Hall–Kier alpha value is -1.09. The van der Waals surface area contributed by atoms with Crippen LogP contribution in [-0.2, 0) is 16.3 Å². The second-order valence-corrected chi connectivity index (χ2v) is 6.28. The van der Waals surface area contributed by atoms with Crippen LogP contribution in [0, 0.1) is 5.92 Å². The van der Waals surface area contributed by atoms with Gasteiger partial charge in [0.25, 0.3) is 0 Å². The van der Waals surface area contributed by atoms with E-state index in [0.717, 1.165) is 12.0 Å². The zero-order chi connectivity index (χ0) is 12.2. The van der Waals surface area contributed by atoms with Gasteiger partial charge in [-0.05, 0) is 24.0 Å². The monoisotopic (exact) mass is 238 g/mol. The molecule has 1 rings (SSSR count). The number of sulfone groups is 1. The third-order valence-corrected chi connectivity index (χ3v) is 4.02. The minimum Gasteiger partial charge on any atom is -0.223 e. The second-order valence-electron chi connectivity index (χ2n) is 4.28. The first-order chi connectivity index (χ1) is 7.47. The summed E-state index contributed by atoms with van der Waals surface area (Å²) in [5.41, 5.74) is 0.902. The fourth-order valence-corrected chi connectivity index (χ4v) is 2.99. The summed E-state index contributed by atoms with van der Waals surface area (Å²) >= 11 is 0. The van der Waals surface area contributed by atoms with Crippen LogP contribution in [0.5, 0.6) is 0 Å². The second kappa shape index (κ2) is 5.30. The summed E-state index contributed by atoms with van der Waals surface area (Å²) in [6, 6.07) is 7.21. The Labute approximate surface area is 97.9 Å². The van der Waals surface area contributed by atoms with Crippen LogP contribution in [0.1, 0.15) is 19.4 Å². The quantitative estimate of drug-likeness (QED) is 0.739. The van der Waals surface area contributed by atoms with E-state index in [2.05, 4.69) is 20.4 Å². The number of hydrogen-bond acceptors (Lipinski definition) is 2. The molecule has 0 aliphatic heterocycles. The van der Waals surface area contributed by atoms with Crippen LogP contribution >= 0.6 is 0 Å². The van der Waals surface area contributed by atoms with E-state index in [1.165, 1.54) is 6.08 Å². The van der Waals surface area contributed by atoms with E-state index in [4.69, 9.17) is 0 Å². The molecule has 3 heteroatoms. The predicted octanol–water partition coefficient (Wildman–Crippen LogP) is 2.84. The Balaban J connectivity index is 3.17. The van der Waals surface area contributed by atoms with Crippen LogP contribution < -0.4 is 0 Å². The van der Waals surface area contributed by atoms with Gasteiger partial charge in [0.05, 0.1) is 10.6 Å². The van der Waals surface area contributed by atoms with Crippen molar-refractivity contribution in [1.29, 1.82) is 0 Å². The number of benzene rings is 1. The zero-order valence-corrected chi connectivity index (χ0v) is 10.6. The Bertz CT molecular complexity index is 459. The van der Waals surface area contributed by atoms with Gasteiger partial charge >= 0.3 is 0 Å². The van der Waals surface area contributed by atoms with E-state index in [9.17, 15) is 8.42 Å². The van der Waals surface area contributed by atoms with Crippen LogP contribution in [0.25, 0.3) is 0 Å². The lowest BCUT2D eigenvalue weighted by Gasteiger charge is -2.11. The molecular formula is C13H18O2S. The first-order valence-electron chi connectivity index (χ1n) is 5.39. The van der Waals surface area contributed by atoms with Gasteiger partial charge in [0, 0.05) is 0 Å². The molecule has 0 saturated heterocycles. The average molecular weight is 238 g/mol. The van der Waals surface area contributed by atoms with Crippen molar-refractivity contribution in [2.24, 2.45) is 5.92 Å². The Morgan fingerprint density at radius 3 is 2.50 bits per heavy atom. The molecule has 0 fully saturated rings.